The topological polar surface area (TPSA) is 107 Å². The minimum atomic E-state index is -0.606. The molecule has 9 heteroatoms. The predicted molar refractivity (Wildman–Crippen MR) is 131 cm³/mol. The normalized spacial score (nSPS) is 12.0. The molecule has 0 fully saturated rings. The number of aromatic nitrogens is 4. The second-order valence-electron chi connectivity index (χ2n) is 7.94. The molecule has 8 nitrogen and oxygen atoms in total. The number of fused-ring (bicyclic) bond motifs is 1. The number of ketones is 1. The lowest BCUT2D eigenvalue weighted by Crippen LogP contribution is -2.25. The van der Waals surface area contributed by atoms with Crippen LogP contribution >= 0.6 is 11.8 Å². The summed E-state index contributed by atoms with van der Waals surface area (Å²) in [4.78, 5) is 51.1. The Bertz CT molecular complexity index is 1490. The summed E-state index contributed by atoms with van der Waals surface area (Å²) in [6.07, 6.45) is 1.62. The lowest BCUT2D eigenvalue weighted by Gasteiger charge is -2.16. The van der Waals surface area contributed by atoms with Crippen LogP contribution in [0.1, 0.15) is 44.6 Å². The molecule has 4 aromatic rings. The van der Waals surface area contributed by atoms with E-state index in [9.17, 15) is 14.4 Å². The van der Waals surface area contributed by atoms with Gasteiger partial charge in [-0.3, -0.25) is 9.59 Å². The van der Waals surface area contributed by atoms with Crippen LogP contribution in [0, 0.1) is 20.8 Å². The van der Waals surface area contributed by atoms with Crippen LogP contribution in [0.5, 0.6) is 0 Å². The van der Waals surface area contributed by atoms with Crippen LogP contribution in [-0.2, 0) is 4.74 Å². The van der Waals surface area contributed by atoms with Crippen molar-refractivity contribution in [3.8, 4) is 5.82 Å². The number of para-hydroxylation sites is 1. The maximum atomic E-state index is 13.5. The molecule has 1 aromatic carbocycles. The number of Topliss-reactive ketones (excluding diaryl/α,β-unsaturated/α-hetero) is 1. The number of hydrogen-bond acceptors (Lipinski definition) is 7. The van der Waals surface area contributed by atoms with Crippen LogP contribution in [-0.4, -0.2) is 43.6 Å². The number of aryl methyl sites for hydroxylation is 2. The molecular weight excluding hydrogens is 452 g/mol. The zero-order chi connectivity index (χ0) is 24.6. The molecular formula is C25H24N4O4S. The molecule has 1 atom stereocenters. The number of H-pyrrole nitrogens is 1. The molecule has 0 bridgehead atoms. The van der Waals surface area contributed by atoms with E-state index in [2.05, 4.69) is 9.97 Å². The highest BCUT2D eigenvalue weighted by Crippen LogP contribution is 2.29. The van der Waals surface area contributed by atoms with Gasteiger partial charge in [0.2, 0.25) is 0 Å². The number of rotatable bonds is 6. The largest absolute Gasteiger partial charge is 0.465 e. The van der Waals surface area contributed by atoms with E-state index in [1.165, 1.54) is 23.4 Å². The summed E-state index contributed by atoms with van der Waals surface area (Å²) in [7, 11) is 1.30. The van der Waals surface area contributed by atoms with E-state index in [4.69, 9.17) is 9.72 Å². The third kappa shape index (κ3) is 4.03. The zero-order valence-electron chi connectivity index (χ0n) is 19.5. The van der Waals surface area contributed by atoms with Gasteiger partial charge in [0.15, 0.2) is 10.9 Å². The fourth-order valence-electron chi connectivity index (χ4n) is 3.91. The van der Waals surface area contributed by atoms with E-state index < -0.39 is 11.2 Å². The first-order valence-corrected chi connectivity index (χ1v) is 11.5. The quantitative estimate of drug-likeness (QED) is 0.192. The van der Waals surface area contributed by atoms with Gasteiger partial charge in [0.05, 0.1) is 34.5 Å². The predicted octanol–water partition coefficient (Wildman–Crippen LogP) is 4.18. The summed E-state index contributed by atoms with van der Waals surface area (Å²) >= 11 is 1.17. The van der Waals surface area contributed by atoms with Gasteiger partial charge >= 0.3 is 5.97 Å². The maximum absolute atomic E-state index is 13.5. The van der Waals surface area contributed by atoms with Crippen LogP contribution in [0.4, 0.5) is 0 Å². The number of nitrogens with one attached hydrogen (secondary N) is 1. The first-order valence-electron chi connectivity index (χ1n) is 10.7. The number of carbonyl (C=O) groups is 2. The van der Waals surface area contributed by atoms with Gasteiger partial charge in [-0.2, -0.15) is 0 Å². The molecule has 34 heavy (non-hydrogen) atoms. The number of benzene rings is 1. The Balaban J connectivity index is 1.80. The lowest BCUT2D eigenvalue weighted by atomic mass is 10.1. The molecule has 0 spiro atoms. The first kappa shape index (κ1) is 23.4. The number of esters is 1. The van der Waals surface area contributed by atoms with E-state index >= 15 is 0 Å². The monoisotopic (exact) mass is 476 g/mol. The van der Waals surface area contributed by atoms with E-state index in [1.807, 2.05) is 19.1 Å². The van der Waals surface area contributed by atoms with Crippen molar-refractivity contribution >= 4 is 34.4 Å². The smallest absolute Gasteiger partial charge is 0.339 e. The van der Waals surface area contributed by atoms with Crippen molar-refractivity contribution in [2.24, 2.45) is 0 Å². The molecule has 1 N–H and O–H groups in total. The Morgan fingerprint density at radius 2 is 1.85 bits per heavy atom. The van der Waals surface area contributed by atoms with Crippen LogP contribution in [0.25, 0.3) is 16.7 Å². The van der Waals surface area contributed by atoms with Crippen molar-refractivity contribution in [2.45, 2.75) is 38.1 Å². The van der Waals surface area contributed by atoms with Crippen molar-refractivity contribution in [1.82, 2.24) is 19.5 Å². The van der Waals surface area contributed by atoms with E-state index in [-0.39, 0.29) is 11.3 Å². The number of carbonyl (C=O) groups excluding carboxylic acids is 2. The summed E-state index contributed by atoms with van der Waals surface area (Å²) in [6.45, 7) is 7.05. The average Bonchev–Trinajstić information content (AvgIpc) is 3.12. The number of aromatic amines is 1. The highest BCUT2D eigenvalue weighted by molar-refractivity contribution is 8.00. The number of nitrogens with zero attached hydrogens (tertiary/aromatic N) is 3. The Morgan fingerprint density at radius 3 is 2.56 bits per heavy atom. The third-order valence-corrected chi connectivity index (χ3v) is 6.72. The van der Waals surface area contributed by atoms with E-state index in [1.54, 1.807) is 51.2 Å². The molecule has 3 aromatic heterocycles. The SMILES string of the molecule is COC(=O)c1c(C)[nH]c(C(=O)C(C)Sc2nc3ccccc3c(=O)n2-c2ncccc2C)c1C. The molecule has 4 rings (SSSR count). The lowest BCUT2D eigenvalue weighted by molar-refractivity contribution is 0.0599. The van der Waals surface area contributed by atoms with Gasteiger partial charge in [0.1, 0.15) is 5.82 Å². The van der Waals surface area contributed by atoms with Gasteiger partial charge in [0, 0.05) is 11.9 Å². The van der Waals surface area contributed by atoms with E-state index in [0.717, 1.165) is 5.56 Å². The van der Waals surface area contributed by atoms with Crippen molar-refractivity contribution in [3.05, 3.63) is 81.0 Å². The maximum Gasteiger partial charge on any atom is 0.339 e. The Morgan fingerprint density at radius 1 is 1.12 bits per heavy atom. The van der Waals surface area contributed by atoms with E-state index in [0.29, 0.717) is 44.4 Å². The summed E-state index contributed by atoms with van der Waals surface area (Å²) in [6, 6.07) is 10.8. The molecule has 174 valence electrons. The molecule has 0 aliphatic rings. The van der Waals surface area contributed by atoms with Crippen molar-refractivity contribution in [2.75, 3.05) is 7.11 Å². The summed E-state index contributed by atoms with van der Waals surface area (Å²) < 4.78 is 6.30. The van der Waals surface area contributed by atoms with Crippen molar-refractivity contribution in [1.29, 1.82) is 0 Å². The fraction of sp³-hybridized carbons (Fsp3) is 0.240. The number of pyridine rings is 1. The Hall–Kier alpha value is -3.72. The molecule has 0 radical (unpaired) electrons. The van der Waals surface area contributed by atoms with Crippen molar-refractivity contribution < 1.29 is 14.3 Å². The molecule has 0 aliphatic heterocycles. The van der Waals surface area contributed by atoms with Gasteiger partial charge < -0.3 is 9.72 Å². The van der Waals surface area contributed by atoms with Gasteiger partial charge in [-0.15, -0.1) is 0 Å². The standard InChI is InChI=1S/C25H24N4O4S/c1-13-9-8-12-26-22(13)29-23(31)17-10-6-7-11-18(17)28-25(29)34-16(4)21(30)20-14(2)19(15(3)27-20)24(32)33-5/h6-12,16,27H,1-5H3. The van der Waals surface area contributed by atoms with Crippen molar-refractivity contribution in [3.63, 3.8) is 0 Å². The molecule has 3 heterocycles. The van der Waals surface area contributed by atoms with Gasteiger partial charge in [-0.25, -0.2) is 19.3 Å². The second-order valence-corrected chi connectivity index (χ2v) is 9.24. The summed E-state index contributed by atoms with van der Waals surface area (Å²) in [5, 5.41) is 0.223. The number of ether oxygens (including phenoxy) is 1. The summed E-state index contributed by atoms with van der Waals surface area (Å²) in [5.74, 6) is -0.249. The van der Waals surface area contributed by atoms with Crippen LogP contribution < -0.4 is 5.56 Å². The van der Waals surface area contributed by atoms with Gasteiger partial charge in [0.25, 0.3) is 5.56 Å². The van der Waals surface area contributed by atoms with Gasteiger partial charge in [-0.1, -0.05) is 30.0 Å². The molecule has 1 unspecified atom stereocenters. The average molecular weight is 477 g/mol. The summed E-state index contributed by atoms with van der Waals surface area (Å²) in [5.41, 5.74) is 2.88. The number of methoxy groups -OCH3 is 1. The molecule has 0 amide bonds. The van der Waals surface area contributed by atoms with Crippen LogP contribution in [0.15, 0.2) is 52.5 Å². The van der Waals surface area contributed by atoms with Gasteiger partial charge in [-0.05, 0) is 57.0 Å². The zero-order valence-corrected chi connectivity index (χ0v) is 20.3. The third-order valence-electron chi connectivity index (χ3n) is 5.66. The molecule has 0 saturated carbocycles. The first-order chi connectivity index (χ1) is 16.2. The fourth-order valence-corrected chi connectivity index (χ4v) is 4.88. The highest BCUT2D eigenvalue weighted by atomic mass is 32.2. The van der Waals surface area contributed by atoms with Crippen LogP contribution in [0.3, 0.4) is 0 Å². The minimum Gasteiger partial charge on any atom is -0.465 e. The van der Waals surface area contributed by atoms with Crippen LogP contribution in [0.2, 0.25) is 0 Å². The number of thioether (sulfide) groups is 1. The minimum absolute atomic E-state index is 0.215. The highest BCUT2D eigenvalue weighted by Gasteiger charge is 2.27. The molecule has 0 aliphatic carbocycles. The number of hydrogen-bond donors (Lipinski definition) is 1. The second kappa shape index (κ2) is 9.26. The Labute approximate surface area is 200 Å². The Kier molecular flexibility index (Phi) is 6.39. The molecule has 0 saturated heterocycles.